The fourth-order valence-corrected chi connectivity index (χ4v) is 6.94. The zero-order valence-electron chi connectivity index (χ0n) is 21.4. The van der Waals surface area contributed by atoms with Crippen LogP contribution in [0.2, 0.25) is 0 Å². The van der Waals surface area contributed by atoms with Crippen LogP contribution in [0.5, 0.6) is 0 Å². The van der Waals surface area contributed by atoms with Crippen LogP contribution in [0.3, 0.4) is 0 Å². The Morgan fingerprint density at radius 1 is 1.37 bits per heavy atom. The van der Waals surface area contributed by atoms with E-state index in [1.54, 1.807) is 11.0 Å². The van der Waals surface area contributed by atoms with E-state index in [0.29, 0.717) is 19.4 Å². The minimum atomic E-state index is -1.20. The first kappa shape index (κ1) is 27.9. The molecule has 3 saturated heterocycles. The number of aliphatic hydroxyl groups excluding tert-OH is 1. The number of hydrogen-bond donors (Lipinski definition) is 1. The highest BCUT2D eigenvalue weighted by Crippen LogP contribution is 2.61. The summed E-state index contributed by atoms with van der Waals surface area (Å²) in [6, 6.07) is -1.57. The maximum atomic E-state index is 14.3. The van der Waals surface area contributed by atoms with Gasteiger partial charge in [-0.3, -0.25) is 14.4 Å². The van der Waals surface area contributed by atoms with Crippen LogP contribution in [-0.4, -0.2) is 86.6 Å². The highest BCUT2D eigenvalue weighted by atomic mass is 79.9. The van der Waals surface area contributed by atoms with Crippen molar-refractivity contribution in [2.45, 2.75) is 81.6 Å². The second-order valence-electron chi connectivity index (χ2n) is 10.9. The summed E-state index contributed by atoms with van der Waals surface area (Å²) in [6.45, 7) is 17.2. The predicted octanol–water partition coefficient (Wildman–Crippen LogP) is 2.68. The van der Waals surface area contributed by atoms with Gasteiger partial charge < -0.3 is 24.4 Å². The van der Waals surface area contributed by atoms with Crippen molar-refractivity contribution in [2.75, 3.05) is 19.8 Å². The molecule has 3 unspecified atom stereocenters. The molecule has 0 aromatic heterocycles. The average molecular weight is 556 g/mol. The van der Waals surface area contributed by atoms with Crippen LogP contribution in [0.4, 0.5) is 0 Å². The van der Waals surface area contributed by atoms with Crippen LogP contribution < -0.4 is 0 Å². The molecule has 2 amide bonds. The second kappa shape index (κ2) is 10.3. The van der Waals surface area contributed by atoms with Crippen molar-refractivity contribution in [2.24, 2.45) is 17.8 Å². The van der Waals surface area contributed by atoms with Gasteiger partial charge in [-0.1, -0.05) is 54.9 Å². The zero-order chi connectivity index (χ0) is 26.3. The van der Waals surface area contributed by atoms with E-state index in [1.807, 2.05) is 34.6 Å². The van der Waals surface area contributed by atoms with Gasteiger partial charge in [-0.2, -0.15) is 0 Å². The van der Waals surface area contributed by atoms with Crippen LogP contribution in [0.1, 0.15) is 47.5 Å². The van der Waals surface area contributed by atoms with Crippen LogP contribution in [0, 0.1) is 17.8 Å². The summed E-state index contributed by atoms with van der Waals surface area (Å²) >= 11 is 3.65. The Morgan fingerprint density at radius 2 is 2.03 bits per heavy atom. The summed E-state index contributed by atoms with van der Waals surface area (Å²) in [7, 11) is 0. The maximum absolute atomic E-state index is 14.3. The Hall–Kier alpha value is -1.71. The molecular formula is C26H39BrN2O6. The zero-order valence-corrected chi connectivity index (χ0v) is 23.0. The van der Waals surface area contributed by atoms with Gasteiger partial charge in [0, 0.05) is 16.9 Å². The van der Waals surface area contributed by atoms with E-state index >= 15 is 0 Å². The highest BCUT2D eigenvalue weighted by molar-refractivity contribution is 9.09. The molecule has 0 aromatic carbocycles. The molecule has 3 rings (SSSR count). The minimum Gasteiger partial charge on any atom is -0.461 e. The summed E-state index contributed by atoms with van der Waals surface area (Å²) in [4.78, 5) is 44.6. The van der Waals surface area contributed by atoms with E-state index in [9.17, 15) is 19.5 Å². The molecule has 2 bridgehead atoms. The molecule has 8 nitrogen and oxygen atoms in total. The molecule has 3 heterocycles. The van der Waals surface area contributed by atoms with Crippen molar-refractivity contribution >= 4 is 33.7 Å². The van der Waals surface area contributed by atoms with Gasteiger partial charge in [0.15, 0.2) is 0 Å². The smallest absolute Gasteiger partial charge is 0.312 e. The summed E-state index contributed by atoms with van der Waals surface area (Å²) in [6.07, 6.45) is 3.66. The third-order valence-corrected chi connectivity index (χ3v) is 8.65. The SMILES string of the molecule is C=CCOC(=O)[C@H]1[C@H]2C(=O)N([C@@H](CO)[C@@H](C)CC)C(C(=O)N(CC=C)C(C)(C)C)C23CC(Br)[C@@H]1O3. The average Bonchev–Trinajstić information content (AvgIpc) is 3.38. The first-order valence-corrected chi connectivity index (χ1v) is 13.3. The van der Waals surface area contributed by atoms with Crippen molar-refractivity contribution in [3.8, 4) is 0 Å². The summed E-state index contributed by atoms with van der Waals surface area (Å²) in [5.74, 6) is -2.92. The molecular weight excluding hydrogens is 516 g/mol. The van der Waals surface area contributed by atoms with Crippen molar-refractivity contribution in [1.82, 2.24) is 9.80 Å². The largest absolute Gasteiger partial charge is 0.461 e. The van der Waals surface area contributed by atoms with E-state index in [2.05, 4.69) is 29.1 Å². The molecule has 196 valence electrons. The number of aliphatic hydroxyl groups is 1. The summed E-state index contributed by atoms with van der Waals surface area (Å²) in [5, 5.41) is 10.4. The molecule has 3 aliphatic rings. The molecule has 0 aromatic rings. The Kier molecular flexibility index (Phi) is 8.24. The topological polar surface area (TPSA) is 96.4 Å². The van der Waals surface area contributed by atoms with Gasteiger partial charge in [-0.15, -0.1) is 6.58 Å². The Bertz CT molecular complexity index is 872. The molecule has 0 saturated carbocycles. The first-order chi connectivity index (χ1) is 16.4. The summed E-state index contributed by atoms with van der Waals surface area (Å²) < 4.78 is 11.9. The van der Waals surface area contributed by atoms with Crippen LogP contribution in [0.25, 0.3) is 0 Å². The molecule has 3 fully saturated rings. The van der Waals surface area contributed by atoms with Gasteiger partial charge in [-0.25, -0.2) is 0 Å². The minimum absolute atomic E-state index is 0.0261. The lowest BCUT2D eigenvalue weighted by atomic mass is 9.70. The number of carbonyl (C=O) groups excluding carboxylic acids is 3. The van der Waals surface area contributed by atoms with Gasteiger partial charge in [0.2, 0.25) is 11.8 Å². The Balaban J connectivity index is 2.17. The molecule has 35 heavy (non-hydrogen) atoms. The van der Waals surface area contributed by atoms with E-state index < -0.39 is 47.1 Å². The number of halogens is 1. The van der Waals surface area contributed by atoms with Crippen molar-refractivity contribution in [1.29, 1.82) is 0 Å². The number of fused-ring (bicyclic) bond motifs is 1. The number of alkyl halides is 1. The molecule has 3 aliphatic heterocycles. The van der Waals surface area contributed by atoms with E-state index in [1.165, 1.54) is 11.0 Å². The van der Waals surface area contributed by atoms with Crippen molar-refractivity contribution in [3.63, 3.8) is 0 Å². The third-order valence-electron chi connectivity index (χ3n) is 7.81. The summed E-state index contributed by atoms with van der Waals surface area (Å²) in [5.41, 5.74) is -1.75. The van der Waals surface area contributed by atoms with E-state index in [0.717, 1.165) is 0 Å². The number of likely N-dealkylation sites (tertiary alicyclic amines) is 1. The number of ether oxygens (including phenoxy) is 2. The highest BCUT2D eigenvalue weighted by Gasteiger charge is 2.77. The Labute approximate surface area is 216 Å². The van der Waals surface area contributed by atoms with Crippen LogP contribution in [-0.2, 0) is 23.9 Å². The number of carbonyl (C=O) groups is 3. The fraction of sp³-hybridized carbons (Fsp3) is 0.731. The molecule has 0 radical (unpaired) electrons. The lowest BCUT2D eigenvalue weighted by Gasteiger charge is -2.44. The lowest BCUT2D eigenvalue weighted by Crippen LogP contribution is -2.62. The predicted molar refractivity (Wildman–Crippen MR) is 136 cm³/mol. The fourth-order valence-electron chi connectivity index (χ4n) is 6.00. The maximum Gasteiger partial charge on any atom is 0.312 e. The van der Waals surface area contributed by atoms with Gasteiger partial charge in [0.25, 0.3) is 0 Å². The molecule has 9 heteroatoms. The van der Waals surface area contributed by atoms with E-state index in [4.69, 9.17) is 9.47 Å². The Morgan fingerprint density at radius 3 is 2.54 bits per heavy atom. The number of amides is 2. The van der Waals surface area contributed by atoms with Gasteiger partial charge in [-0.05, 0) is 33.1 Å². The number of esters is 1. The number of rotatable bonds is 10. The van der Waals surface area contributed by atoms with Crippen LogP contribution >= 0.6 is 15.9 Å². The first-order valence-electron chi connectivity index (χ1n) is 12.4. The molecule has 8 atom stereocenters. The molecule has 1 spiro atoms. The second-order valence-corrected chi connectivity index (χ2v) is 12.0. The van der Waals surface area contributed by atoms with E-state index in [-0.39, 0.29) is 35.8 Å². The monoisotopic (exact) mass is 554 g/mol. The van der Waals surface area contributed by atoms with Gasteiger partial charge in [0.1, 0.15) is 18.2 Å². The lowest BCUT2D eigenvalue weighted by molar-refractivity contribution is -0.157. The van der Waals surface area contributed by atoms with Crippen molar-refractivity contribution in [3.05, 3.63) is 25.3 Å². The molecule has 1 N–H and O–H groups in total. The van der Waals surface area contributed by atoms with Crippen molar-refractivity contribution < 1.29 is 29.0 Å². The van der Waals surface area contributed by atoms with Crippen LogP contribution in [0.15, 0.2) is 25.3 Å². The van der Waals surface area contributed by atoms with Gasteiger partial charge in [0.05, 0.1) is 30.6 Å². The standard InChI is InChI=1S/C26H39BrN2O6/c1-8-11-28(25(5,6)7)23(32)21-26-13-16(27)20(35-26)18(24(33)34-12-9-2)19(26)22(31)29(21)17(14-30)15(4)10-3/h8-9,15-21,30H,1-2,10-14H2,3-7H3/t15-,16?,17-,18-,19-,20-,21?,26?/m0/s1. The third kappa shape index (κ3) is 4.48. The molecule has 0 aliphatic carbocycles. The number of nitrogens with zero attached hydrogens (tertiary/aromatic N) is 2. The van der Waals surface area contributed by atoms with Gasteiger partial charge >= 0.3 is 5.97 Å². The quantitative estimate of drug-likeness (QED) is 0.253. The normalized spacial score (nSPS) is 33.3. The number of hydrogen-bond acceptors (Lipinski definition) is 6.